The molecular formula is C26H39Cl3N6O. The summed E-state index contributed by atoms with van der Waals surface area (Å²) in [5.74, 6) is 0. The Morgan fingerprint density at radius 1 is 1.00 bits per heavy atom. The third kappa shape index (κ3) is 6.93. The van der Waals surface area contributed by atoms with E-state index in [1.165, 1.54) is 39.0 Å². The van der Waals surface area contributed by atoms with E-state index >= 15 is 0 Å². The molecule has 3 fully saturated rings. The van der Waals surface area contributed by atoms with Crippen LogP contribution < -0.4 is 4.90 Å². The Bertz CT molecular complexity index is 1000. The van der Waals surface area contributed by atoms with E-state index in [0.717, 1.165) is 55.4 Å². The number of ether oxygens (including phenoxy) is 1. The lowest BCUT2D eigenvalue weighted by Gasteiger charge is -2.44. The average Bonchev–Trinajstić information content (AvgIpc) is 2.84. The number of rotatable bonds is 4. The van der Waals surface area contributed by atoms with Gasteiger partial charge in [-0.3, -0.25) is 9.88 Å². The molecule has 7 nitrogen and oxygen atoms in total. The van der Waals surface area contributed by atoms with Gasteiger partial charge in [-0.25, -0.2) is 0 Å². The first kappa shape index (κ1) is 30.9. The number of hydrogen-bond donors (Lipinski definition) is 0. The van der Waals surface area contributed by atoms with Gasteiger partial charge in [-0.1, -0.05) is 0 Å². The molecule has 0 bridgehead atoms. The van der Waals surface area contributed by atoms with Gasteiger partial charge >= 0.3 is 0 Å². The van der Waals surface area contributed by atoms with E-state index in [1.54, 1.807) is 6.20 Å². The van der Waals surface area contributed by atoms with E-state index in [1.807, 2.05) is 12.1 Å². The highest BCUT2D eigenvalue weighted by Crippen LogP contribution is 2.30. The van der Waals surface area contributed by atoms with Crippen molar-refractivity contribution < 1.29 is 4.74 Å². The molecule has 0 spiro atoms. The summed E-state index contributed by atoms with van der Waals surface area (Å²) in [6.07, 6.45) is 4.66. The van der Waals surface area contributed by atoms with E-state index in [9.17, 15) is 5.26 Å². The van der Waals surface area contributed by atoms with E-state index in [4.69, 9.17) is 4.74 Å². The number of likely N-dealkylation sites (tertiary alicyclic amines) is 1. The van der Waals surface area contributed by atoms with Crippen LogP contribution in [0.3, 0.4) is 0 Å². The number of benzene rings is 1. The minimum Gasteiger partial charge on any atom is -0.370 e. The Morgan fingerprint density at radius 3 is 2.42 bits per heavy atom. The van der Waals surface area contributed by atoms with Crippen LogP contribution in [-0.2, 0) is 4.74 Å². The van der Waals surface area contributed by atoms with Gasteiger partial charge in [0.25, 0.3) is 0 Å². The van der Waals surface area contributed by atoms with Gasteiger partial charge in [0.2, 0.25) is 0 Å². The van der Waals surface area contributed by atoms with E-state index in [0.29, 0.717) is 5.56 Å². The molecule has 0 N–H and O–H groups in total. The zero-order valence-corrected chi connectivity index (χ0v) is 23.7. The number of morpholine rings is 1. The zero-order valence-electron chi connectivity index (χ0n) is 21.2. The third-order valence-corrected chi connectivity index (χ3v) is 7.61. The van der Waals surface area contributed by atoms with Crippen molar-refractivity contribution in [3.63, 3.8) is 0 Å². The topological polar surface area (TPSA) is 58.9 Å². The molecule has 2 aromatic rings. The van der Waals surface area contributed by atoms with Crippen LogP contribution in [0.1, 0.15) is 25.3 Å². The Labute approximate surface area is 234 Å². The monoisotopic (exact) mass is 556 g/mol. The maximum Gasteiger partial charge on any atom is 0.101 e. The van der Waals surface area contributed by atoms with Crippen LogP contribution in [0.2, 0.25) is 0 Å². The molecule has 0 aliphatic carbocycles. The first-order chi connectivity index (χ1) is 16.1. The molecule has 36 heavy (non-hydrogen) atoms. The highest BCUT2D eigenvalue weighted by atomic mass is 35.5. The van der Waals surface area contributed by atoms with E-state index in [-0.39, 0.29) is 49.4 Å². The van der Waals surface area contributed by atoms with Crippen LogP contribution in [0.5, 0.6) is 0 Å². The van der Waals surface area contributed by atoms with Crippen LogP contribution in [0.4, 0.5) is 5.69 Å². The predicted octanol–water partition coefficient (Wildman–Crippen LogP) is 3.68. The van der Waals surface area contributed by atoms with Crippen molar-refractivity contribution in [2.75, 3.05) is 70.9 Å². The minimum atomic E-state index is 0. The number of nitrogens with zero attached hydrogens (tertiary/aromatic N) is 6. The summed E-state index contributed by atoms with van der Waals surface area (Å²) >= 11 is 0. The van der Waals surface area contributed by atoms with Crippen molar-refractivity contribution in [3.8, 4) is 6.07 Å². The van der Waals surface area contributed by atoms with Gasteiger partial charge in [-0.15, -0.1) is 37.2 Å². The Morgan fingerprint density at radius 2 is 1.72 bits per heavy atom. The highest BCUT2D eigenvalue weighted by Gasteiger charge is 2.31. The second-order valence-corrected chi connectivity index (χ2v) is 9.99. The number of pyridine rings is 1. The van der Waals surface area contributed by atoms with Crippen molar-refractivity contribution in [3.05, 3.63) is 36.0 Å². The fourth-order valence-corrected chi connectivity index (χ4v) is 5.81. The number of hydrogen-bond acceptors (Lipinski definition) is 7. The smallest absolute Gasteiger partial charge is 0.101 e. The number of halogens is 3. The Balaban J connectivity index is 0.00000152. The largest absolute Gasteiger partial charge is 0.370 e. The van der Waals surface area contributed by atoms with Crippen LogP contribution in [0.25, 0.3) is 10.9 Å². The number of aromatic nitrogens is 1. The van der Waals surface area contributed by atoms with Gasteiger partial charge < -0.3 is 19.4 Å². The molecule has 4 heterocycles. The lowest BCUT2D eigenvalue weighted by atomic mass is 10.0. The summed E-state index contributed by atoms with van der Waals surface area (Å²) in [7, 11) is 2.23. The molecule has 2 atom stereocenters. The molecule has 1 aromatic heterocycles. The first-order valence-corrected chi connectivity index (χ1v) is 12.4. The van der Waals surface area contributed by atoms with Crippen molar-refractivity contribution in [1.29, 1.82) is 5.26 Å². The fourth-order valence-electron chi connectivity index (χ4n) is 5.81. The number of piperidine rings is 1. The molecule has 0 saturated carbocycles. The van der Waals surface area contributed by atoms with E-state index in [2.05, 4.69) is 56.8 Å². The molecule has 3 aliphatic rings. The second kappa shape index (κ2) is 14.0. The van der Waals surface area contributed by atoms with Crippen molar-refractivity contribution in [2.45, 2.75) is 38.0 Å². The van der Waals surface area contributed by atoms with Crippen LogP contribution in [-0.4, -0.2) is 104 Å². The summed E-state index contributed by atoms with van der Waals surface area (Å²) in [5, 5.41) is 10.5. The minimum absolute atomic E-state index is 0. The predicted molar refractivity (Wildman–Crippen MR) is 153 cm³/mol. The van der Waals surface area contributed by atoms with Gasteiger partial charge in [-0.2, -0.15) is 5.26 Å². The summed E-state index contributed by atoms with van der Waals surface area (Å²) in [5.41, 5.74) is 2.58. The second-order valence-electron chi connectivity index (χ2n) is 9.99. The van der Waals surface area contributed by atoms with Gasteiger partial charge in [0.1, 0.15) is 6.07 Å². The maximum absolute atomic E-state index is 9.48. The zero-order chi connectivity index (χ0) is 22.8. The van der Waals surface area contributed by atoms with Gasteiger partial charge in [0.05, 0.1) is 23.3 Å². The summed E-state index contributed by atoms with van der Waals surface area (Å²) in [4.78, 5) is 14.7. The fraction of sp³-hybridized carbons (Fsp3) is 0.615. The first-order valence-electron chi connectivity index (χ1n) is 12.4. The molecule has 10 heteroatoms. The van der Waals surface area contributed by atoms with Crippen LogP contribution in [0, 0.1) is 11.3 Å². The molecule has 1 aromatic carbocycles. The molecule has 3 saturated heterocycles. The summed E-state index contributed by atoms with van der Waals surface area (Å²) in [6, 6.07) is 11.1. The number of anilines is 1. The van der Waals surface area contributed by atoms with Gasteiger partial charge in [0, 0.05) is 69.1 Å². The van der Waals surface area contributed by atoms with Crippen LogP contribution in [0.15, 0.2) is 30.5 Å². The van der Waals surface area contributed by atoms with Gasteiger partial charge in [0.15, 0.2) is 0 Å². The van der Waals surface area contributed by atoms with Crippen LogP contribution >= 0.6 is 37.2 Å². The Kier molecular flexibility index (Phi) is 12.0. The van der Waals surface area contributed by atoms with Gasteiger partial charge in [-0.05, 0) is 64.2 Å². The molecule has 5 rings (SSSR count). The third-order valence-electron chi connectivity index (χ3n) is 7.61. The number of likely N-dealkylation sites (N-methyl/N-ethyl adjacent to an activating group) is 1. The molecule has 200 valence electrons. The molecule has 0 radical (unpaired) electrons. The van der Waals surface area contributed by atoms with Crippen molar-refractivity contribution in [2.24, 2.45) is 0 Å². The maximum atomic E-state index is 9.48. The highest BCUT2D eigenvalue weighted by molar-refractivity contribution is 5.95. The lowest BCUT2D eigenvalue weighted by molar-refractivity contribution is -0.0385. The quantitative estimate of drug-likeness (QED) is 0.568. The summed E-state index contributed by atoms with van der Waals surface area (Å²) in [6.45, 7) is 12.0. The number of nitriles is 1. The molecule has 0 amide bonds. The number of fused-ring (bicyclic) bond motifs is 1. The SMILES string of the molecule is C[C@@H]1CN(c2ccc(C#N)c3ncccc23)C[C@@H](CN2CCC(N3CCN(C)CC3)CC2)O1.Cl.Cl.Cl. The normalized spacial score (nSPS) is 24.3. The molecule has 0 unspecified atom stereocenters. The Hall–Kier alpha value is -1.37. The van der Waals surface area contributed by atoms with E-state index < -0.39 is 0 Å². The van der Waals surface area contributed by atoms with Crippen molar-refractivity contribution in [1.82, 2.24) is 19.7 Å². The average molecular weight is 558 g/mol. The standard InChI is InChI=1S/C26H36N6O.3ClH/c1-20-17-32(25-6-5-21(16-27)26-24(25)4-3-9-28-26)19-23(33-20)18-30-10-7-22(8-11-30)31-14-12-29(2)13-15-31;;;/h3-6,9,20,22-23H,7-8,10-15,17-19H2,1-2H3;3*1H/t20-,23-;;;/m1.../s1. The lowest BCUT2D eigenvalue weighted by Crippen LogP contribution is -2.55. The molecular weight excluding hydrogens is 519 g/mol. The molecule has 3 aliphatic heterocycles. The summed E-state index contributed by atoms with van der Waals surface area (Å²) < 4.78 is 6.39. The van der Waals surface area contributed by atoms with Crippen molar-refractivity contribution >= 4 is 53.8 Å². The number of piperazine rings is 1.